The fourth-order valence-electron chi connectivity index (χ4n) is 2.93. The molecule has 23 heavy (non-hydrogen) atoms. The van der Waals surface area contributed by atoms with E-state index >= 15 is 0 Å². The van der Waals surface area contributed by atoms with Crippen LogP contribution < -0.4 is 10.6 Å². The normalized spacial score (nSPS) is 17.7. The molecule has 2 aliphatic rings. The number of hydrogen-bond acceptors (Lipinski definition) is 4. The highest BCUT2D eigenvalue weighted by atomic mass is 35.5. The third-order valence-corrected chi connectivity index (χ3v) is 4.13. The van der Waals surface area contributed by atoms with E-state index in [0.29, 0.717) is 11.1 Å². The molecule has 1 saturated heterocycles. The maximum absolute atomic E-state index is 12.3. The van der Waals surface area contributed by atoms with Gasteiger partial charge in [-0.3, -0.25) is 19.3 Å². The second kappa shape index (κ2) is 7.10. The van der Waals surface area contributed by atoms with Gasteiger partial charge in [-0.15, -0.1) is 12.4 Å². The largest absolute Gasteiger partial charge is 0.352 e. The third kappa shape index (κ3) is 3.54. The fraction of sp³-hybridized carbons (Fsp3) is 0.438. The van der Waals surface area contributed by atoms with Gasteiger partial charge in [0.15, 0.2) is 0 Å². The van der Waals surface area contributed by atoms with Gasteiger partial charge in [-0.2, -0.15) is 0 Å². The van der Waals surface area contributed by atoms with Crippen LogP contribution in [0, 0.1) is 6.92 Å². The zero-order valence-electron chi connectivity index (χ0n) is 12.9. The molecule has 2 heterocycles. The van der Waals surface area contributed by atoms with Crippen LogP contribution in [0.3, 0.4) is 0 Å². The van der Waals surface area contributed by atoms with Gasteiger partial charge in [0.05, 0.1) is 11.1 Å². The highest BCUT2D eigenvalue weighted by molar-refractivity contribution is 6.22. The molecule has 7 heteroatoms. The Morgan fingerprint density at radius 1 is 1.22 bits per heavy atom. The molecule has 2 aliphatic heterocycles. The van der Waals surface area contributed by atoms with Gasteiger partial charge in [0, 0.05) is 6.04 Å². The molecule has 0 bridgehead atoms. The fourth-order valence-corrected chi connectivity index (χ4v) is 2.93. The third-order valence-electron chi connectivity index (χ3n) is 4.13. The number of imide groups is 1. The van der Waals surface area contributed by atoms with Crippen LogP contribution in [0.5, 0.6) is 0 Å². The van der Waals surface area contributed by atoms with Crippen LogP contribution in [0.15, 0.2) is 18.2 Å². The molecule has 2 N–H and O–H groups in total. The second-order valence-corrected chi connectivity index (χ2v) is 5.84. The molecule has 0 atom stereocenters. The molecule has 124 valence electrons. The van der Waals surface area contributed by atoms with Crippen molar-refractivity contribution < 1.29 is 14.4 Å². The number of carbonyl (C=O) groups is 3. The first kappa shape index (κ1) is 17.4. The van der Waals surface area contributed by atoms with Gasteiger partial charge in [0.1, 0.15) is 6.54 Å². The Morgan fingerprint density at radius 3 is 2.57 bits per heavy atom. The van der Waals surface area contributed by atoms with Gasteiger partial charge in [-0.1, -0.05) is 11.6 Å². The molecule has 0 aliphatic carbocycles. The number of hydrogen-bond donors (Lipinski definition) is 2. The Bertz CT molecular complexity index is 641. The molecule has 1 fully saturated rings. The molecule has 0 spiro atoms. The smallest absolute Gasteiger partial charge is 0.262 e. The number of nitrogens with zero attached hydrogens (tertiary/aromatic N) is 1. The predicted octanol–water partition coefficient (Wildman–Crippen LogP) is 0.881. The van der Waals surface area contributed by atoms with E-state index in [1.54, 1.807) is 18.2 Å². The molecule has 1 aromatic carbocycles. The van der Waals surface area contributed by atoms with Gasteiger partial charge < -0.3 is 10.6 Å². The molecule has 0 aromatic heterocycles. The van der Waals surface area contributed by atoms with Crippen LogP contribution in [0.2, 0.25) is 0 Å². The van der Waals surface area contributed by atoms with Crippen molar-refractivity contribution in [3.63, 3.8) is 0 Å². The number of carbonyl (C=O) groups excluding carboxylic acids is 3. The Balaban J connectivity index is 0.00000192. The van der Waals surface area contributed by atoms with Crippen LogP contribution in [0.4, 0.5) is 0 Å². The minimum absolute atomic E-state index is 0. The van der Waals surface area contributed by atoms with Gasteiger partial charge in [0.2, 0.25) is 5.91 Å². The zero-order valence-corrected chi connectivity index (χ0v) is 13.7. The summed E-state index contributed by atoms with van der Waals surface area (Å²) in [5, 5.41) is 6.12. The lowest BCUT2D eigenvalue weighted by atomic mass is 10.1. The van der Waals surface area contributed by atoms with E-state index in [1.165, 1.54) is 0 Å². The summed E-state index contributed by atoms with van der Waals surface area (Å²) < 4.78 is 0. The number of amides is 3. The molecule has 0 radical (unpaired) electrons. The van der Waals surface area contributed by atoms with Crippen molar-refractivity contribution in [1.29, 1.82) is 0 Å². The summed E-state index contributed by atoms with van der Waals surface area (Å²) in [4.78, 5) is 37.7. The number of aryl methyl sites for hydroxylation is 1. The van der Waals surface area contributed by atoms with Gasteiger partial charge in [-0.05, 0) is 45.0 Å². The topological polar surface area (TPSA) is 78.5 Å². The maximum atomic E-state index is 12.3. The van der Waals surface area contributed by atoms with Crippen molar-refractivity contribution in [3.8, 4) is 0 Å². The Labute approximate surface area is 141 Å². The second-order valence-electron chi connectivity index (χ2n) is 5.84. The van der Waals surface area contributed by atoms with Gasteiger partial charge >= 0.3 is 0 Å². The molecule has 1 aromatic rings. The minimum Gasteiger partial charge on any atom is -0.352 e. The molecule has 0 saturated carbocycles. The zero-order chi connectivity index (χ0) is 15.7. The molecule has 3 rings (SSSR count). The maximum Gasteiger partial charge on any atom is 0.262 e. The first-order valence-corrected chi connectivity index (χ1v) is 7.53. The lowest BCUT2D eigenvalue weighted by Crippen LogP contribution is -2.47. The van der Waals surface area contributed by atoms with Crippen LogP contribution in [0.25, 0.3) is 0 Å². The summed E-state index contributed by atoms with van der Waals surface area (Å²) in [6, 6.07) is 5.25. The number of halogens is 1. The van der Waals surface area contributed by atoms with Crippen LogP contribution in [0.1, 0.15) is 39.1 Å². The highest BCUT2D eigenvalue weighted by Crippen LogP contribution is 2.23. The van der Waals surface area contributed by atoms with E-state index in [9.17, 15) is 14.4 Å². The summed E-state index contributed by atoms with van der Waals surface area (Å²) >= 11 is 0. The highest BCUT2D eigenvalue weighted by Gasteiger charge is 2.36. The van der Waals surface area contributed by atoms with Gasteiger partial charge in [-0.25, -0.2) is 0 Å². The van der Waals surface area contributed by atoms with Crippen LogP contribution >= 0.6 is 12.4 Å². The van der Waals surface area contributed by atoms with Crippen molar-refractivity contribution in [3.05, 3.63) is 34.9 Å². The molecular formula is C16H20ClN3O3. The van der Waals surface area contributed by atoms with Crippen molar-refractivity contribution in [1.82, 2.24) is 15.5 Å². The molecule has 3 amide bonds. The van der Waals surface area contributed by atoms with Crippen LogP contribution in [-0.4, -0.2) is 48.3 Å². The lowest BCUT2D eigenvalue weighted by Gasteiger charge is -2.24. The van der Waals surface area contributed by atoms with Gasteiger partial charge in [0.25, 0.3) is 11.8 Å². The summed E-state index contributed by atoms with van der Waals surface area (Å²) in [7, 11) is 0. The van der Waals surface area contributed by atoms with Crippen molar-refractivity contribution in [2.45, 2.75) is 25.8 Å². The van der Waals surface area contributed by atoms with E-state index in [2.05, 4.69) is 10.6 Å². The lowest BCUT2D eigenvalue weighted by molar-refractivity contribution is -0.122. The van der Waals surface area contributed by atoms with Crippen molar-refractivity contribution >= 4 is 30.1 Å². The summed E-state index contributed by atoms with van der Waals surface area (Å²) in [5.74, 6) is -1.05. The standard InChI is InChI=1S/C16H19N3O3.ClH/c1-10-2-3-12-13(8-10)16(22)19(15(12)21)9-14(20)18-11-4-6-17-7-5-11;/h2-3,8,11,17H,4-7,9H2,1H3,(H,18,20);1H. The Kier molecular flexibility index (Phi) is 5.38. The molecule has 0 unspecified atom stereocenters. The number of piperidine rings is 1. The number of nitrogens with one attached hydrogen (secondary N) is 2. The minimum atomic E-state index is -0.388. The number of rotatable bonds is 3. The average Bonchev–Trinajstić information content (AvgIpc) is 2.73. The van der Waals surface area contributed by atoms with Crippen molar-refractivity contribution in [2.75, 3.05) is 19.6 Å². The number of fused-ring (bicyclic) bond motifs is 1. The predicted molar refractivity (Wildman–Crippen MR) is 87.8 cm³/mol. The summed E-state index contributed by atoms with van der Waals surface area (Å²) in [6.45, 7) is 3.40. The monoisotopic (exact) mass is 337 g/mol. The van der Waals surface area contributed by atoms with E-state index < -0.39 is 0 Å². The van der Waals surface area contributed by atoms with E-state index in [4.69, 9.17) is 0 Å². The van der Waals surface area contributed by atoms with E-state index in [-0.39, 0.29) is 42.7 Å². The van der Waals surface area contributed by atoms with Crippen LogP contribution in [-0.2, 0) is 4.79 Å². The Morgan fingerprint density at radius 2 is 1.87 bits per heavy atom. The first-order valence-electron chi connectivity index (χ1n) is 7.53. The van der Waals surface area contributed by atoms with E-state index in [0.717, 1.165) is 36.4 Å². The first-order chi connectivity index (χ1) is 10.6. The summed E-state index contributed by atoms with van der Waals surface area (Å²) in [6.07, 6.45) is 1.74. The molecule has 6 nitrogen and oxygen atoms in total. The SMILES string of the molecule is Cc1ccc2c(c1)C(=O)N(CC(=O)NC1CCNCC1)C2=O.Cl. The van der Waals surface area contributed by atoms with Crippen molar-refractivity contribution in [2.24, 2.45) is 0 Å². The number of benzene rings is 1. The van der Waals surface area contributed by atoms with E-state index in [1.807, 2.05) is 6.92 Å². The quantitative estimate of drug-likeness (QED) is 0.803. The summed E-state index contributed by atoms with van der Waals surface area (Å²) in [5.41, 5.74) is 1.69. The molecular weight excluding hydrogens is 318 g/mol. The average molecular weight is 338 g/mol. The Hall–Kier alpha value is -1.92.